The summed E-state index contributed by atoms with van der Waals surface area (Å²) in [6.45, 7) is 9.65. The van der Waals surface area contributed by atoms with Crippen LogP contribution in [0.1, 0.15) is 73.6 Å². The van der Waals surface area contributed by atoms with Crippen LogP contribution in [0.2, 0.25) is 0 Å². The largest absolute Gasteiger partial charge is 0.343 e. The Morgan fingerprint density at radius 3 is 2.02 bits per heavy atom. The van der Waals surface area contributed by atoms with Crippen molar-refractivity contribution in [1.29, 1.82) is 0 Å². The van der Waals surface area contributed by atoms with Gasteiger partial charge in [0.05, 0.1) is 12.1 Å². The smallest absolute Gasteiger partial charge is 0.246 e. The maximum atomic E-state index is 14.4. The van der Waals surface area contributed by atoms with Crippen LogP contribution in [0.3, 0.4) is 0 Å². The average molecular weight is 609 g/mol. The number of ketones is 1. The van der Waals surface area contributed by atoms with Gasteiger partial charge in [-0.1, -0.05) is 99.1 Å². The van der Waals surface area contributed by atoms with Gasteiger partial charge in [0.15, 0.2) is 5.78 Å². The van der Waals surface area contributed by atoms with Crippen molar-refractivity contribution in [1.82, 2.24) is 20.9 Å². The number of likely N-dealkylation sites (tertiary alicyclic amines) is 1. The highest BCUT2D eigenvalue weighted by Crippen LogP contribution is 2.43. The quantitative estimate of drug-likeness (QED) is 0.302. The van der Waals surface area contributed by atoms with Crippen LogP contribution < -0.4 is 16.0 Å². The summed E-state index contributed by atoms with van der Waals surface area (Å²) in [6.07, 6.45) is 0.567. The second-order valence-corrected chi connectivity index (χ2v) is 13.5. The number of rotatable bonds is 9. The number of amides is 3. The van der Waals surface area contributed by atoms with Crippen LogP contribution in [0.25, 0.3) is 11.1 Å². The number of nitrogens with one attached hydrogen (secondary N) is 3. The Balaban J connectivity index is 1.44. The molecule has 3 amide bonds. The number of aryl methyl sites for hydroxylation is 1. The Hall–Kier alpha value is -4.30. The summed E-state index contributed by atoms with van der Waals surface area (Å²) < 4.78 is 0. The van der Waals surface area contributed by atoms with Crippen molar-refractivity contribution in [3.05, 3.63) is 95.1 Å². The molecule has 0 saturated carbocycles. The van der Waals surface area contributed by atoms with E-state index in [1.165, 1.54) is 0 Å². The van der Waals surface area contributed by atoms with E-state index in [1.807, 2.05) is 88.4 Å². The maximum Gasteiger partial charge on any atom is 0.246 e. The molecule has 4 atom stereocenters. The number of nitrogens with zero attached hydrogens (tertiary/aromatic N) is 1. The third-order valence-corrected chi connectivity index (χ3v) is 9.17. The fourth-order valence-electron chi connectivity index (χ4n) is 6.44. The first kappa shape index (κ1) is 32.1. The first-order valence-corrected chi connectivity index (χ1v) is 15.8. The summed E-state index contributed by atoms with van der Waals surface area (Å²) >= 11 is 0. The van der Waals surface area contributed by atoms with Gasteiger partial charge in [-0.25, -0.2) is 0 Å². The molecule has 8 nitrogen and oxygen atoms in total. The molecule has 0 aromatic heterocycles. The number of carbonyl (C=O) groups excluding carboxylic acids is 4. The lowest BCUT2D eigenvalue weighted by atomic mass is 9.85. The molecule has 0 bridgehead atoms. The highest BCUT2D eigenvalue weighted by atomic mass is 16.2. The summed E-state index contributed by atoms with van der Waals surface area (Å²) in [5.41, 5.74) is 5.23. The third-order valence-electron chi connectivity index (χ3n) is 9.17. The van der Waals surface area contributed by atoms with E-state index in [0.717, 1.165) is 27.8 Å². The second-order valence-electron chi connectivity index (χ2n) is 13.5. The van der Waals surface area contributed by atoms with Gasteiger partial charge < -0.3 is 20.9 Å². The van der Waals surface area contributed by atoms with Gasteiger partial charge in [-0.3, -0.25) is 19.2 Å². The van der Waals surface area contributed by atoms with E-state index in [0.29, 0.717) is 12.0 Å². The van der Waals surface area contributed by atoms with Gasteiger partial charge in [-0.15, -0.1) is 0 Å². The van der Waals surface area contributed by atoms with E-state index in [9.17, 15) is 19.2 Å². The van der Waals surface area contributed by atoms with Gasteiger partial charge >= 0.3 is 0 Å². The van der Waals surface area contributed by atoms with E-state index in [2.05, 4.69) is 28.1 Å². The Bertz CT molecular complexity index is 1550. The Morgan fingerprint density at radius 2 is 1.47 bits per heavy atom. The molecule has 0 radical (unpaired) electrons. The van der Waals surface area contributed by atoms with Crippen molar-refractivity contribution in [2.75, 3.05) is 13.6 Å². The Morgan fingerprint density at radius 1 is 0.889 bits per heavy atom. The van der Waals surface area contributed by atoms with Crippen molar-refractivity contribution >= 4 is 23.5 Å². The van der Waals surface area contributed by atoms with E-state index < -0.39 is 23.5 Å². The van der Waals surface area contributed by atoms with Crippen LogP contribution in [0.5, 0.6) is 0 Å². The van der Waals surface area contributed by atoms with Crippen LogP contribution in [0.15, 0.2) is 72.8 Å². The fourth-order valence-corrected chi connectivity index (χ4v) is 6.44. The van der Waals surface area contributed by atoms with E-state index in [-0.39, 0.29) is 48.4 Å². The molecule has 1 aliphatic heterocycles. The molecule has 2 aliphatic rings. The minimum atomic E-state index is -0.865. The third kappa shape index (κ3) is 6.71. The monoisotopic (exact) mass is 608 g/mol. The molecule has 1 heterocycles. The van der Waals surface area contributed by atoms with Crippen LogP contribution in [-0.4, -0.2) is 60.1 Å². The fraction of sp³-hybridized carbons (Fsp3) is 0.405. The molecule has 0 unspecified atom stereocenters. The molecule has 1 aliphatic carbocycles. The van der Waals surface area contributed by atoms with E-state index in [1.54, 1.807) is 18.9 Å². The first-order chi connectivity index (χ1) is 21.4. The average Bonchev–Trinajstić information content (AvgIpc) is 3.58. The zero-order valence-electron chi connectivity index (χ0n) is 27.0. The number of hydrogen-bond acceptors (Lipinski definition) is 5. The number of likely N-dealkylation sites (N-methyl/N-ethyl adjacent to an activating group) is 1. The van der Waals surface area contributed by atoms with Crippen molar-refractivity contribution in [3.63, 3.8) is 0 Å². The molecule has 3 N–H and O–H groups in total. The second kappa shape index (κ2) is 13.0. The molecule has 3 aromatic rings. The zero-order valence-corrected chi connectivity index (χ0v) is 27.0. The SMILES string of the molecule is CN[C@@H](C)C(=O)N[C@H](C(=O)N1C[C@@H](CC(=O)c2ccc(C)cc2)C[C@H]1C(=O)NC1c2ccccc2-c2ccccc21)C(C)(C)C. The predicted molar refractivity (Wildman–Crippen MR) is 176 cm³/mol. The van der Waals surface area contributed by atoms with Crippen molar-refractivity contribution < 1.29 is 19.2 Å². The van der Waals surface area contributed by atoms with Gasteiger partial charge in [0.1, 0.15) is 12.1 Å². The van der Waals surface area contributed by atoms with Crippen molar-refractivity contribution in [2.45, 2.75) is 71.6 Å². The summed E-state index contributed by atoms with van der Waals surface area (Å²) in [4.78, 5) is 56.4. The lowest BCUT2D eigenvalue weighted by Crippen LogP contribution is -2.59. The molecular weight excluding hydrogens is 564 g/mol. The van der Waals surface area contributed by atoms with E-state index in [4.69, 9.17) is 0 Å². The Kier molecular flexibility index (Phi) is 9.26. The molecule has 5 rings (SSSR count). The van der Waals surface area contributed by atoms with Crippen LogP contribution >= 0.6 is 0 Å². The van der Waals surface area contributed by atoms with Crippen LogP contribution in [-0.2, 0) is 14.4 Å². The minimum absolute atomic E-state index is 0.0179. The molecule has 1 fully saturated rings. The standard InChI is InChI=1S/C37H44N4O4/c1-22-15-17-25(18-16-22)31(42)20-24-19-30(41(21-24)36(45)33(37(3,4)5)40-34(43)23(2)38-6)35(44)39-32-28-13-9-7-11-26(28)27-12-8-10-14-29(27)32/h7-18,23-24,30,32-33,38H,19-21H2,1-6H3,(H,39,44)(H,40,43)/t23-,24+,30-,33+/m0/s1. The van der Waals surface area contributed by atoms with Gasteiger partial charge in [0.2, 0.25) is 17.7 Å². The summed E-state index contributed by atoms with van der Waals surface area (Å²) in [5, 5.41) is 9.12. The molecular formula is C37H44N4O4. The van der Waals surface area contributed by atoms with E-state index >= 15 is 0 Å². The number of benzene rings is 3. The number of Topliss-reactive ketones (excluding diaryl/α,β-unsaturated/α-hetero) is 1. The van der Waals surface area contributed by atoms with Crippen molar-refractivity contribution in [2.24, 2.45) is 11.3 Å². The first-order valence-electron chi connectivity index (χ1n) is 15.8. The molecule has 1 saturated heterocycles. The zero-order chi connectivity index (χ0) is 32.5. The number of hydrogen-bond donors (Lipinski definition) is 3. The minimum Gasteiger partial charge on any atom is -0.343 e. The summed E-state index contributed by atoms with van der Waals surface area (Å²) in [5.74, 6) is -1.12. The highest BCUT2D eigenvalue weighted by molar-refractivity contribution is 5.97. The molecule has 0 spiro atoms. The predicted octanol–water partition coefficient (Wildman–Crippen LogP) is 4.81. The molecule has 236 valence electrons. The lowest BCUT2D eigenvalue weighted by molar-refractivity contribution is -0.144. The normalized spacial score (nSPS) is 18.9. The van der Waals surface area contributed by atoms with Crippen LogP contribution in [0, 0.1) is 18.3 Å². The van der Waals surface area contributed by atoms with Gasteiger partial charge in [-0.05, 0) is 60.9 Å². The summed E-state index contributed by atoms with van der Waals surface area (Å²) in [6, 6.07) is 21.0. The maximum absolute atomic E-state index is 14.4. The van der Waals surface area contributed by atoms with Gasteiger partial charge in [-0.2, -0.15) is 0 Å². The summed E-state index contributed by atoms with van der Waals surface area (Å²) in [7, 11) is 1.69. The number of fused-ring (bicyclic) bond motifs is 3. The van der Waals surface area contributed by atoms with Gasteiger partial charge in [0.25, 0.3) is 0 Å². The van der Waals surface area contributed by atoms with Crippen LogP contribution in [0.4, 0.5) is 0 Å². The molecule has 3 aromatic carbocycles. The highest BCUT2D eigenvalue weighted by Gasteiger charge is 2.46. The van der Waals surface area contributed by atoms with Crippen molar-refractivity contribution in [3.8, 4) is 11.1 Å². The number of carbonyl (C=O) groups is 4. The van der Waals surface area contributed by atoms with Gasteiger partial charge in [0, 0.05) is 18.5 Å². The lowest BCUT2D eigenvalue weighted by Gasteiger charge is -2.36. The molecule has 45 heavy (non-hydrogen) atoms. The molecule has 8 heteroatoms. The Labute approximate surface area is 266 Å². The topological polar surface area (TPSA) is 108 Å².